The first-order chi connectivity index (χ1) is 12.2. The van der Waals surface area contributed by atoms with E-state index in [-0.39, 0.29) is 29.6 Å². The Hall–Kier alpha value is -2.04. The van der Waals surface area contributed by atoms with Crippen LogP contribution in [-0.4, -0.2) is 48.8 Å². The number of rotatable bonds is 4. The molecule has 10 heteroatoms. The number of anilines is 2. The third-order valence-corrected chi connectivity index (χ3v) is 1.79. The number of pyridine rings is 2. The molecule has 0 fully saturated rings. The van der Waals surface area contributed by atoms with E-state index in [1.807, 2.05) is 12.1 Å². The van der Waals surface area contributed by atoms with Crippen molar-refractivity contribution in [2.75, 3.05) is 31.9 Å². The number of hydrogen-bond donors (Lipinski definition) is 3. The number of hydrogen-bond acceptors (Lipinski definition) is 8. The van der Waals surface area contributed by atoms with Crippen LogP contribution >= 0.6 is 0 Å². The van der Waals surface area contributed by atoms with Crippen molar-refractivity contribution in [1.82, 2.24) is 9.97 Å². The maximum absolute atomic E-state index is 9.82. The minimum atomic E-state index is 0. The summed E-state index contributed by atoms with van der Waals surface area (Å²) < 4.78 is 4.15. The zero-order valence-corrected chi connectivity index (χ0v) is 17.5. The SMILES string of the molecule is CCOC=O.CO.C[O-].Nc1ccccn1.O=CNc1ccccn1.[Na+]. The van der Waals surface area contributed by atoms with Crippen LogP contribution in [0, 0.1) is 0 Å². The van der Waals surface area contributed by atoms with Gasteiger partial charge in [0.2, 0.25) is 6.41 Å². The van der Waals surface area contributed by atoms with Gasteiger partial charge in [-0.3, -0.25) is 9.59 Å². The van der Waals surface area contributed by atoms with E-state index in [1.54, 1.807) is 43.6 Å². The van der Waals surface area contributed by atoms with Gasteiger partial charge in [-0.05, 0) is 31.2 Å². The predicted molar refractivity (Wildman–Crippen MR) is 94.3 cm³/mol. The second-order valence-corrected chi connectivity index (χ2v) is 3.28. The molecular weight excluding hydrogens is 351 g/mol. The molecule has 9 nitrogen and oxygen atoms in total. The quantitative estimate of drug-likeness (QED) is 0.379. The normalized spacial score (nSPS) is 6.96. The number of aromatic nitrogens is 2. The van der Waals surface area contributed by atoms with Gasteiger partial charge in [-0.15, -0.1) is 0 Å². The van der Waals surface area contributed by atoms with Crippen LogP contribution in [0.1, 0.15) is 6.92 Å². The number of nitrogens with two attached hydrogens (primary N) is 1. The molecule has 0 spiro atoms. The van der Waals surface area contributed by atoms with Crippen molar-refractivity contribution in [2.45, 2.75) is 6.92 Å². The van der Waals surface area contributed by atoms with E-state index in [9.17, 15) is 9.59 Å². The van der Waals surface area contributed by atoms with Gasteiger partial charge >= 0.3 is 29.6 Å². The summed E-state index contributed by atoms with van der Waals surface area (Å²) in [7, 11) is 1.75. The first-order valence-electron chi connectivity index (χ1n) is 6.93. The molecule has 4 N–H and O–H groups in total. The largest absolute Gasteiger partial charge is 1.00 e. The maximum Gasteiger partial charge on any atom is 1.00 e. The molecule has 0 bridgehead atoms. The molecule has 0 saturated heterocycles. The molecule has 0 saturated carbocycles. The summed E-state index contributed by atoms with van der Waals surface area (Å²) in [6.07, 6.45) is 3.88. The molecule has 2 rings (SSSR count). The van der Waals surface area contributed by atoms with E-state index in [4.69, 9.17) is 15.9 Å². The molecule has 140 valence electrons. The molecule has 26 heavy (non-hydrogen) atoms. The van der Waals surface area contributed by atoms with Crippen molar-refractivity contribution in [3.63, 3.8) is 0 Å². The summed E-state index contributed by atoms with van der Waals surface area (Å²) in [4.78, 5) is 26.6. The van der Waals surface area contributed by atoms with Gasteiger partial charge in [0.15, 0.2) is 0 Å². The minimum Gasteiger partial charge on any atom is -0.857 e. The van der Waals surface area contributed by atoms with E-state index in [0.29, 0.717) is 31.1 Å². The third kappa shape index (κ3) is 26.8. The van der Waals surface area contributed by atoms with Gasteiger partial charge in [0, 0.05) is 19.5 Å². The number of carbonyl (C=O) groups excluding carboxylic acids is 2. The second-order valence-electron chi connectivity index (χ2n) is 3.28. The Bertz CT molecular complexity index is 493. The van der Waals surface area contributed by atoms with Gasteiger partial charge in [0.25, 0.3) is 6.47 Å². The van der Waals surface area contributed by atoms with Crippen LogP contribution in [0.5, 0.6) is 0 Å². The van der Waals surface area contributed by atoms with E-state index in [0.717, 1.165) is 14.2 Å². The summed E-state index contributed by atoms with van der Waals surface area (Å²) in [6, 6.07) is 10.7. The minimum absolute atomic E-state index is 0. The van der Waals surface area contributed by atoms with Crippen molar-refractivity contribution in [1.29, 1.82) is 0 Å². The Balaban J connectivity index is -0.000000129. The van der Waals surface area contributed by atoms with Crippen LogP contribution in [0.15, 0.2) is 48.8 Å². The number of nitrogen functional groups attached to an aromatic ring is 1. The smallest absolute Gasteiger partial charge is 0.857 e. The summed E-state index contributed by atoms with van der Waals surface area (Å²) in [5, 5.41) is 17.7. The number of amides is 1. The van der Waals surface area contributed by atoms with Gasteiger partial charge in [-0.1, -0.05) is 12.1 Å². The molecule has 0 aliphatic carbocycles. The van der Waals surface area contributed by atoms with Gasteiger partial charge in [0.05, 0.1) is 6.61 Å². The Labute approximate surface area is 175 Å². The average Bonchev–Trinajstić information content (AvgIpc) is 2.68. The van der Waals surface area contributed by atoms with E-state index in [2.05, 4.69) is 20.0 Å². The molecule has 0 atom stereocenters. The number of nitrogens with zero attached hydrogens (tertiary/aromatic N) is 2. The molecule has 0 aromatic carbocycles. The van der Waals surface area contributed by atoms with E-state index >= 15 is 0 Å². The van der Waals surface area contributed by atoms with Crippen molar-refractivity contribution >= 4 is 24.5 Å². The number of nitrogens with one attached hydrogen (secondary N) is 1. The van der Waals surface area contributed by atoms with Crippen LogP contribution in [0.4, 0.5) is 11.6 Å². The first kappa shape index (κ1) is 31.7. The molecule has 2 aromatic heterocycles. The van der Waals surface area contributed by atoms with Crippen LogP contribution in [0.2, 0.25) is 0 Å². The Kier molecular flexibility index (Phi) is 37.6. The molecular formula is C16H25N4NaO5. The topological polar surface area (TPSA) is 150 Å². The van der Waals surface area contributed by atoms with Crippen molar-refractivity contribution in [2.24, 2.45) is 0 Å². The summed E-state index contributed by atoms with van der Waals surface area (Å²) >= 11 is 0. The zero-order valence-electron chi connectivity index (χ0n) is 15.5. The van der Waals surface area contributed by atoms with Gasteiger partial charge in [0.1, 0.15) is 11.6 Å². The molecule has 0 aliphatic heterocycles. The molecule has 0 radical (unpaired) electrons. The monoisotopic (exact) mass is 376 g/mol. The molecule has 0 aliphatic rings. The molecule has 2 heterocycles. The van der Waals surface area contributed by atoms with Gasteiger partial charge < -0.3 is 26.0 Å². The van der Waals surface area contributed by atoms with Crippen molar-refractivity contribution < 1.29 is 54.1 Å². The summed E-state index contributed by atoms with van der Waals surface area (Å²) in [6.45, 7) is 2.66. The fraction of sp³-hybridized carbons (Fsp3) is 0.250. The Morgan fingerprint density at radius 1 is 1.12 bits per heavy atom. The fourth-order valence-electron chi connectivity index (χ4n) is 0.953. The molecule has 2 aromatic rings. The van der Waals surface area contributed by atoms with Crippen LogP contribution in [0.3, 0.4) is 0 Å². The van der Waals surface area contributed by atoms with Crippen LogP contribution in [-0.2, 0) is 14.3 Å². The third-order valence-electron chi connectivity index (χ3n) is 1.79. The number of carbonyl (C=O) groups is 2. The number of ether oxygens (including phenoxy) is 1. The number of aliphatic hydroxyl groups is 1. The molecule has 1 amide bonds. The fourth-order valence-corrected chi connectivity index (χ4v) is 0.953. The van der Waals surface area contributed by atoms with Crippen molar-refractivity contribution in [3.8, 4) is 0 Å². The van der Waals surface area contributed by atoms with E-state index in [1.165, 1.54) is 0 Å². The van der Waals surface area contributed by atoms with E-state index < -0.39 is 0 Å². The first-order valence-corrected chi connectivity index (χ1v) is 6.93. The predicted octanol–water partition coefficient (Wildman–Crippen LogP) is -2.92. The standard InChI is InChI=1S/C6H6N2O.C5H6N2.C3H6O2.CH4O.CH3O.Na/c9-5-8-6-3-1-2-4-7-6;6-5-3-1-2-4-7-5;1-2-5-3-4;2*1-2;/h1-5H,(H,7,8,9);1-4H,(H2,6,7);3H,2H2,1H3;2H,1H3;1H3;/q;;;;-1;+1. The Morgan fingerprint density at radius 3 is 1.88 bits per heavy atom. The van der Waals surface area contributed by atoms with Crippen LogP contribution < -0.4 is 45.7 Å². The average molecular weight is 376 g/mol. The summed E-state index contributed by atoms with van der Waals surface area (Å²) in [5.41, 5.74) is 5.25. The summed E-state index contributed by atoms with van der Waals surface area (Å²) in [5.74, 6) is 1.15. The zero-order chi connectivity index (χ0) is 19.8. The van der Waals surface area contributed by atoms with Crippen LogP contribution in [0.25, 0.3) is 0 Å². The Morgan fingerprint density at radius 2 is 1.65 bits per heavy atom. The molecule has 0 unspecified atom stereocenters. The van der Waals surface area contributed by atoms with Crippen molar-refractivity contribution in [3.05, 3.63) is 48.8 Å². The van der Waals surface area contributed by atoms with Gasteiger partial charge in [-0.2, -0.15) is 7.11 Å². The maximum atomic E-state index is 9.82. The number of aliphatic hydroxyl groups excluding tert-OH is 1. The van der Waals surface area contributed by atoms with Gasteiger partial charge in [-0.25, -0.2) is 9.97 Å². The second kappa shape index (κ2) is 30.8.